The number of benzene rings is 1. The van der Waals surface area contributed by atoms with Gasteiger partial charge in [0.25, 0.3) is 0 Å². The molecule has 2 fully saturated rings. The number of hydrogen-bond donors (Lipinski definition) is 1. The highest BCUT2D eigenvalue weighted by atomic mass is 16.2. The average Bonchev–Trinajstić information content (AvgIpc) is 3.21. The van der Waals surface area contributed by atoms with E-state index in [1.165, 1.54) is 0 Å². The van der Waals surface area contributed by atoms with E-state index in [1.807, 2.05) is 44.2 Å². The molecule has 6 heteroatoms. The van der Waals surface area contributed by atoms with Gasteiger partial charge in [-0.1, -0.05) is 32.1 Å². The summed E-state index contributed by atoms with van der Waals surface area (Å²) in [7, 11) is 0. The van der Waals surface area contributed by atoms with Gasteiger partial charge in [0.1, 0.15) is 17.6 Å². The van der Waals surface area contributed by atoms with Crippen LogP contribution in [0.3, 0.4) is 0 Å². The van der Waals surface area contributed by atoms with Crippen LogP contribution in [0.5, 0.6) is 0 Å². The number of ketones is 1. The van der Waals surface area contributed by atoms with Crippen LogP contribution in [-0.4, -0.2) is 51.6 Å². The molecule has 2 saturated heterocycles. The van der Waals surface area contributed by atoms with Gasteiger partial charge >= 0.3 is 0 Å². The first-order valence-corrected chi connectivity index (χ1v) is 9.60. The number of hydrogen-bond acceptors (Lipinski definition) is 4. The molecule has 1 spiro atoms. The Morgan fingerprint density at radius 3 is 2.63 bits per heavy atom. The molecule has 2 amide bonds. The number of amides is 2. The highest BCUT2D eigenvalue weighted by Crippen LogP contribution is 2.49. The second-order valence-electron chi connectivity index (χ2n) is 8.60. The number of Topliss-reactive ketones (excluding diaryl/α,β-unsaturated/α-hetero) is 1. The van der Waals surface area contributed by atoms with Crippen molar-refractivity contribution in [2.45, 2.75) is 50.7 Å². The molecule has 6 nitrogen and oxygen atoms in total. The van der Waals surface area contributed by atoms with Gasteiger partial charge in [-0.3, -0.25) is 14.4 Å². The normalized spacial score (nSPS) is 33.6. The Bertz CT molecular complexity index is 906. The number of anilines is 1. The summed E-state index contributed by atoms with van der Waals surface area (Å²) in [6, 6.07) is 6.48. The SMILES string of the molecule is CC1(C)C=CN2C(=O)[C@H]3CCCN3C(=O)[C@@H]2C[C@]12Nc1ccccc1C2=O. The first kappa shape index (κ1) is 16.5. The molecule has 1 aromatic rings. The molecular weight excluding hydrogens is 342 g/mol. The number of piperazine rings is 1. The minimum Gasteiger partial charge on any atom is -0.371 e. The zero-order chi connectivity index (χ0) is 19.0. The van der Waals surface area contributed by atoms with Crippen LogP contribution in [0.15, 0.2) is 36.5 Å². The van der Waals surface area contributed by atoms with Gasteiger partial charge in [-0.05, 0) is 25.0 Å². The zero-order valence-electron chi connectivity index (χ0n) is 15.6. The smallest absolute Gasteiger partial charge is 0.250 e. The lowest BCUT2D eigenvalue weighted by Crippen LogP contribution is -2.64. The molecule has 0 radical (unpaired) electrons. The fourth-order valence-corrected chi connectivity index (χ4v) is 5.15. The predicted octanol–water partition coefficient (Wildman–Crippen LogP) is 2.18. The average molecular weight is 365 g/mol. The summed E-state index contributed by atoms with van der Waals surface area (Å²) in [6.45, 7) is 4.62. The fourth-order valence-electron chi connectivity index (χ4n) is 5.15. The van der Waals surface area contributed by atoms with Crippen molar-refractivity contribution in [2.75, 3.05) is 11.9 Å². The van der Waals surface area contributed by atoms with Crippen molar-refractivity contribution >= 4 is 23.3 Å². The van der Waals surface area contributed by atoms with Gasteiger partial charge in [-0.15, -0.1) is 0 Å². The van der Waals surface area contributed by atoms with Crippen molar-refractivity contribution in [2.24, 2.45) is 5.41 Å². The Labute approximate surface area is 158 Å². The van der Waals surface area contributed by atoms with Gasteiger partial charge in [0.2, 0.25) is 11.8 Å². The first-order chi connectivity index (χ1) is 12.9. The van der Waals surface area contributed by atoms with Crippen molar-refractivity contribution in [3.05, 3.63) is 42.1 Å². The van der Waals surface area contributed by atoms with Crippen molar-refractivity contribution in [3.63, 3.8) is 0 Å². The summed E-state index contributed by atoms with van der Waals surface area (Å²) in [4.78, 5) is 43.1. The van der Waals surface area contributed by atoms with Crippen molar-refractivity contribution < 1.29 is 14.4 Å². The molecule has 0 unspecified atom stereocenters. The van der Waals surface area contributed by atoms with Crippen LogP contribution in [0.25, 0.3) is 0 Å². The Morgan fingerprint density at radius 1 is 1.07 bits per heavy atom. The van der Waals surface area contributed by atoms with Gasteiger partial charge < -0.3 is 15.1 Å². The first-order valence-electron chi connectivity index (χ1n) is 9.60. The van der Waals surface area contributed by atoms with Gasteiger partial charge in [-0.25, -0.2) is 0 Å². The van der Waals surface area contributed by atoms with Crippen LogP contribution in [0, 0.1) is 5.41 Å². The van der Waals surface area contributed by atoms with Gasteiger partial charge in [0.15, 0.2) is 5.78 Å². The van der Waals surface area contributed by atoms with Crippen LogP contribution in [0.4, 0.5) is 5.69 Å². The topological polar surface area (TPSA) is 69.7 Å². The maximum absolute atomic E-state index is 13.5. The molecule has 140 valence electrons. The largest absolute Gasteiger partial charge is 0.371 e. The quantitative estimate of drug-likeness (QED) is 0.765. The van der Waals surface area contributed by atoms with Crippen LogP contribution >= 0.6 is 0 Å². The molecule has 0 aliphatic carbocycles. The highest BCUT2D eigenvalue weighted by molar-refractivity contribution is 6.14. The summed E-state index contributed by atoms with van der Waals surface area (Å²) in [5.41, 5.74) is -0.0623. The summed E-state index contributed by atoms with van der Waals surface area (Å²) in [5.74, 6) is -0.0630. The highest BCUT2D eigenvalue weighted by Gasteiger charge is 2.60. The maximum atomic E-state index is 13.5. The standard InChI is InChI=1S/C21H23N3O3/c1-20(2)9-11-24-16(19(27)23-10-5-8-15(23)18(24)26)12-21(20)17(25)13-6-3-4-7-14(13)22-21/h3-4,6-7,9,11,15-16,22H,5,8,10,12H2,1-2H3/t15-,16+,21-/m1/s1. The molecule has 3 atom stereocenters. The third-order valence-corrected chi connectivity index (χ3v) is 6.85. The number of carbonyl (C=O) groups excluding carboxylic acids is 3. The molecule has 5 rings (SSSR count). The van der Waals surface area contributed by atoms with Crippen LogP contribution < -0.4 is 5.32 Å². The Kier molecular flexibility index (Phi) is 3.19. The van der Waals surface area contributed by atoms with Crippen LogP contribution in [-0.2, 0) is 9.59 Å². The Balaban J connectivity index is 1.62. The molecule has 4 heterocycles. The number of nitrogens with one attached hydrogen (secondary N) is 1. The van der Waals surface area contributed by atoms with Crippen LogP contribution in [0.2, 0.25) is 0 Å². The van der Waals surface area contributed by atoms with E-state index >= 15 is 0 Å². The molecular formula is C21H23N3O3. The summed E-state index contributed by atoms with van der Waals surface area (Å²) >= 11 is 0. The lowest BCUT2D eigenvalue weighted by Gasteiger charge is -2.45. The fraction of sp³-hybridized carbons (Fsp3) is 0.476. The molecule has 27 heavy (non-hydrogen) atoms. The third-order valence-electron chi connectivity index (χ3n) is 6.85. The monoisotopic (exact) mass is 365 g/mol. The second kappa shape index (κ2) is 5.21. The minimum absolute atomic E-state index is 0.00149. The number of rotatable bonds is 0. The Hall–Kier alpha value is -2.63. The van der Waals surface area contributed by atoms with E-state index in [4.69, 9.17) is 0 Å². The van der Waals surface area contributed by atoms with Gasteiger partial charge in [0.05, 0.1) is 0 Å². The molecule has 0 aromatic heterocycles. The van der Waals surface area contributed by atoms with E-state index in [1.54, 1.807) is 16.0 Å². The second-order valence-corrected chi connectivity index (χ2v) is 8.60. The van der Waals surface area contributed by atoms with E-state index in [0.717, 1.165) is 18.5 Å². The van der Waals surface area contributed by atoms with Crippen molar-refractivity contribution in [1.82, 2.24) is 9.80 Å². The molecule has 0 bridgehead atoms. The van der Waals surface area contributed by atoms with Crippen molar-refractivity contribution in [3.8, 4) is 0 Å². The number of fused-ring (bicyclic) bond motifs is 3. The third kappa shape index (κ3) is 1.98. The van der Waals surface area contributed by atoms with Gasteiger partial charge in [0, 0.05) is 35.8 Å². The molecule has 1 aromatic carbocycles. The predicted molar refractivity (Wildman–Crippen MR) is 100 cm³/mol. The van der Waals surface area contributed by atoms with Gasteiger partial charge in [-0.2, -0.15) is 0 Å². The number of carbonyl (C=O) groups is 3. The summed E-state index contributed by atoms with van der Waals surface area (Å²) in [6.07, 6.45) is 5.51. The number of para-hydroxylation sites is 1. The minimum atomic E-state index is -0.949. The van der Waals surface area contributed by atoms with E-state index in [-0.39, 0.29) is 30.1 Å². The van der Waals surface area contributed by atoms with E-state index in [2.05, 4.69) is 5.32 Å². The summed E-state index contributed by atoms with van der Waals surface area (Å²) < 4.78 is 0. The molecule has 4 aliphatic rings. The van der Waals surface area contributed by atoms with E-state index in [9.17, 15) is 14.4 Å². The lowest BCUT2D eigenvalue weighted by molar-refractivity contribution is -0.156. The van der Waals surface area contributed by atoms with Crippen molar-refractivity contribution in [1.29, 1.82) is 0 Å². The van der Waals surface area contributed by atoms with E-state index < -0.39 is 17.0 Å². The maximum Gasteiger partial charge on any atom is 0.250 e. The molecule has 1 N–H and O–H groups in total. The lowest BCUT2D eigenvalue weighted by atomic mass is 9.67. The molecule has 0 saturated carbocycles. The molecule has 4 aliphatic heterocycles. The number of nitrogens with zero attached hydrogens (tertiary/aromatic N) is 2. The summed E-state index contributed by atoms with van der Waals surface area (Å²) in [5, 5.41) is 3.45. The van der Waals surface area contributed by atoms with E-state index in [0.29, 0.717) is 12.1 Å². The Morgan fingerprint density at radius 2 is 1.85 bits per heavy atom. The van der Waals surface area contributed by atoms with Crippen LogP contribution in [0.1, 0.15) is 43.5 Å². The zero-order valence-corrected chi connectivity index (χ0v) is 15.6.